The highest BCUT2D eigenvalue weighted by Crippen LogP contribution is 2.26. The summed E-state index contributed by atoms with van der Waals surface area (Å²) in [6.07, 6.45) is 6.73. The van der Waals surface area contributed by atoms with Crippen LogP contribution in [0.2, 0.25) is 0 Å². The van der Waals surface area contributed by atoms with E-state index >= 15 is 0 Å². The Morgan fingerprint density at radius 1 is 1.13 bits per heavy atom. The van der Waals surface area contributed by atoms with Crippen LogP contribution in [0, 0.1) is 11.3 Å². The maximum Gasteiger partial charge on any atom is 0.337 e. The van der Waals surface area contributed by atoms with E-state index in [1.54, 1.807) is 24.3 Å². The van der Waals surface area contributed by atoms with E-state index < -0.39 is 11.9 Å². The van der Waals surface area contributed by atoms with Crippen molar-refractivity contribution in [1.29, 1.82) is 5.26 Å². The van der Waals surface area contributed by atoms with Crippen molar-refractivity contribution in [1.82, 2.24) is 5.32 Å². The van der Waals surface area contributed by atoms with E-state index in [0.717, 1.165) is 24.8 Å². The molecule has 1 atom stereocenters. The Kier molecular flexibility index (Phi) is 7.45. The second-order valence-corrected chi connectivity index (χ2v) is 7.55. The summed E-state index contributed by atoms with van der Waals surface area (Å²) in [6.45, 7) is 2.02. The fourth-order valence-corrected chi connectivity index (χ4v) is 3.75. The van der Waals surface area contributed by atoms with Crippen LogP contribution >= 0.6 is 0 Å². The van der Waals surface area contributed by atoms with Crippen LogP contribution in [-0.2, 0) is 22.4 Å². The average Bonchev–Trinajstić information content (AvgIpc) is 2.82. The molecule has 1 amide bonds. The minimum atomic E-state index is -0.425. The maximum atomic E-state index is 12.7. The summed E-state index contributed by atoms with van der Waals surface area (Å²) < 4.78 is 4.67. The Hall–Kier alpha value is -3.59. The lowest BCUT2D eigenvalue weighted by molar-refractivity contribution is -0.117. The first-order valence-corrected chi connectivity index (χ1v) is 10.5. The monoisotopic (exact) mass is 417 g/mol. The number of methoxy groups -OCH3 is 1. The van der Waals surface area contributed by atoms with Crippen LogP contribution in [0.15, 0.2) is 54.2 Å². The summed E-state index contributed by atoms with van der Waals surface area (Å²) in [6, 6.07) is 14.8. The normalized spacial score (nSPS) is 14.0. The van der Waals surface area contributed by atoms with Gasteiger partial charge in [0.05, 0.1) is 18.7 Å². The SMILES string of the molecule is CCC(NC(=O)/C(C#N)=C\Nc1ccc(C(=O)OC)cc1)c1ccc2c(c1)CCCC2. The van der Waals surface area contributed by atoms with Crippen LogP contribution in [0.5, 0.6) is 0 Å². The van der Waals surface area contributed by atoms with Crippen LogP contribution in [0.1, 0.15) is 59.3 Å². The van der Waals surface area contributed by atoms with Crippen LogP contribution < -0.4 is 10.6 Å². The molecule has 0 radical (unpaired) electrons. The van der Waals surface area contributed by atoms with Crippen molar-refractivity contribution < 1.29 is 14.3 Å². The zero-order chi connectivity index (χ0) is 22.2. The lowest BCUT2D eigenvalue weighted by atomic mass is 9.88. The molecule has 6 nitrogen and oxygen atoms in total. The largest absolute Gasteiger partial charge is 0.465 e. The van der Waals surface area contributed by atoms with Crippen molar-refractivity contribution in [2.24, 2.45) is 0 Å². The number of aryl methyl sites for hydroxylation is 2. The third-order valence-corrected chi connectivity index (χ3v) is 5.54. The smallest absolute Gasteiger partial charge is 0.337 e. The summed E-state index contributed by atoms with van der Waals surface area (Å²) in [7, 11) is 1.32. The predicted molar refractivity (Wildman–Crippen MR) is 119 cm³/mol. The molecule has 160 valence electrons. The zero-order valence-electron chi connectivity index (χ0n) is 17.9. The second kappa shape index (κ2) is 10.4. The number of carbonyl (C=O) groups excluding carboxylic acids is 2. The van der Waals surface area contributed by atoms with Gasteiger partial charge in [0.2, 0.25) is 0 Å². The van der Waals surface area contributed by atoms with Crippen molar-refractivity contribution in [3.63, 3.8) is 0 Å². The van der Waals surface area contributed by atoms with Crippen molar-refractivity contribution in [3.05, 3.63) is 76.5 Å². The van der Waals surface area contributed by atoms with Gasteiger partial charge in [-0.3, -0.25) is 4.79 Å². The molecule has 0 saturated heterocycles. The maximum absolute atomic E-state index is 12.7. The number of esters is 1. The lowest BCUT2D eigenvalue weighted by Gasteiger charge is -2.21. The molecule has 0 spiro atoms. The third-order valence-electron chi connectivity index (χ3n) is 5.54. The molecular formula is C25H27N3O3. The number of anilines is 1. The number of nitrogens with zero attached hydrogens (tertiary/aromatic N) is 1. The van der Waals surface area contributed by atoms with Gasteiger partial charge < -0.3 is 15.4 Å². The molecule has 31 heavy (non-hydrogen) atoms. The van der Waals surface area contributed by atoms with Gasteiger partial charge in [0.15, 0.2) is 0 Å². The average molecular weight is 418 g/mol. The number of amides is 1. The molecule has 1 aliphatic rings. The number of rotatable bonds is 7. The minimum Gasteiger partial charge on any atom is -0.465 e. The number of fused-ring (bicyclic) bond motifs is 1. The van der Waals surface area contributed by atoms with Gasteiger partial charge in [-0.2, -0.15) is 5.26 Å². The van der Waals surface area contributed by atoms with E-state index in [1.807, 2.05) is 13.0 Å². The van der Waals surface area contributed by atoms with Gasteiger partial charge in [-0.25, -0.2) is 4.79 Å². The number of hydrogen-bond donors (Lipinski definition) is 2. The summed E-state index contributed by atoms with van der Waals surface area (Å²) in [5.74, 6) is -0.849. The summed E-state index contributed by atoms with van der Waals surface area (Å²) in [5.41, 5.74) is 4.88. The molecule has 0 heterocycles. The molecule has 3 rings (SSSR count). The molecular weight excluding hydrogens is 390 g/mol. The van der Waals surface area contributed by atoms with E-state index in [9.17, 15) is 14.9 Å². The van der Waals surface area contributed by atoms with Crippen LogP contribution in [0.4, 0.5) is 5.69 Å². The van der Waals surface area contributed by atoms with Crippen LogP contribution in [0.25, 0.3) is 0 Å². The van der Waals surface area contributed by atoms with Crippen molar-refractivity contribution in [3.8, 4) is 6.07 Å². The molecule has 0 aliphatic heterocycles. The number of ether oxygens (including phenoxy) is 1. The van der Waals surface area contributed by atoms with Gasteiger partial charge in [-0.1, -0.05) is 25.1 Å². The molecule has 0 bridgehead atoms. The van der Waals surface area contributed by atoms with E-state index in [0.29, 0.717) is 11.3 Å². The molecule has 0 fully saturated rings. The fourth-order valence-electron chi connectivity index (χ4n) is 3.75. The van der Waals surface area contributed by atoms with Crippen molar-refractivity contribution in [2.75, 3.05) is 12.4 Å². The van der Waals surface area contributed by atoms with Gasteiger partial charge in [-0.15, -0.1) is 0 Å². The van der Waals surface area contributed by atoms with Crippen molar-refractivity contribution in [2.45, 2.75) is 45.1 Å². The predicted octanol–water partition coefficient (Wildman–Crippen LogP) is 4.44. The van der Waals surface area contributed by atoms with E-state index in [2.05, 4.69) is 33.6 Å². The molecule has 0 aromatic heterocycles. The van der Waals surface area contributed by atoms with E-state index in [4.69, 9.17) is 0 Å². The highest BCUT2D eigenvalue weighted by Gasteiger charge is 2.18. The molecule has 0 saturated carbocycles. The Morgan fingerprint density at radius 3 is 2.48 bits per heavy atom. The van der Waals surface area contributed by atoms with Crippen LogP contribution in [0.3, 0.4) is 0 Å². The Balaban J connectivity index is 1.68. The van der Waals surface area contributed by atoms with Gasteiger partial charge in [-0.05, 0) is 73.1 Å². The highest BCUT2D eigenvalue weighted by atomic mass is 16.5. The number of benzene rings is 2. The summed E-state index contributed by atoms with van der Waals surface area (Å²) in [5, 5.41) is 15.4. The zero-order valence-corrected chi connectivity index (χ0v) is 17.9. The van der Waals surface area contributed by atoms with Crippen LogP contribution in [-0.4, -0.2) is 19.0 Å². The van der Waals surface area contributed by atoms with E-state index in [1.165, 1.54) is 37.3 Å². The Morgan fingerprint density at radius 2 is 1.84 bits per heavy atom. The number of nitriles is 1. The lowest BCUT2D eigenvalue weighted by Crippen LogP contribution is -2.29. The Labute approximate surface area is 182 Å². The summed E-state index contributed by atoms with van der Waals surface area (Å²) >= 11 is 0. The Bertz CT molecular complexity index is 1020. The number of nitrogens with one attached hydrogen (secondary N) is 2. The van der Waals surface area contributed by atoms with Crippen molar-refractivity contribution >= 4 is 17.6 Å². The first-order valence-electron chi connectivity index (χ1n) is 10.5. The minimum absolute atomic E-state index is 0.0199. The fraction of sp³-hybridized carbons (Fsp3) is 0.320. The quantitative estimate of drug-likeness (QED) is 0.395. The van der Waals surface area contributed by atoms with Gasteiger partial charge in [0, 0.05) is 11.9 Å². The first-order chi connectivity index (χ1) is 15.0. The highest BCUT2D eigenvalue weighted by molar-refractivity contribution is 5.97. The molecule has 1 aliphatic carbocycles. The third kappa shape index (κ3) is 5.52. The standard InChI is InChI=1S/C25H27N3O3/c1-3-23(20-9-8-17-6-4-5-7-19(17)14-20)28-24(29)21(15-26)16-27-22-12-10-18(11-13-22)25(30)31-2/h8-14,16,23,27H,3-7H2,1-2H3,(H,28,29)/b21-16-. The molecule has 2 aromatic carbocycles. The molecule has 6 heteroatoms. The first kappa shape index (κ1) is 22.1. The molecule has 1 unspecified atom stereocenters. The van der Waals surface area contributed by atoms with Gasteiger partial charge in [0.25, 0.3) is 5.91 Å². The molecule has 2 aromatic rings. The second-order valence-electron chi connectivity index (χ2n) is 7.55. The van der Waals surface area contributed by atoms with E-state index in [-0.39, 0.29) is 11.6 Å². The number of hydrogen-bond acceptors (Lipinski definition) is 5. The topological polar surface area (TPSA) is 91.2 Å². The van der Waals surface area contributed by atoms with Gasteiger partial charge in [0.1, 0.15) is 11.6 Å². The number of carbonyl (C=O) groups is 2. The molecule has 2 N–H and O–H groups in total. The van der Waals surface area contributed by atoms with Gasteiger partial charge >= 0.3 is 5.97 Å². The summed E-state index contributed by atoms with van der Waals surface area (Å²) in [4.78, 5) is 24.2.